The zero-order valence-corrected chi connectivity index (χ0v) is 15.4. The number of aromatic nitrogens is 2. The summed E-state index contributed by atoms with van der Waals surface area (Å²) in [6.07, 6.45) is 5.72. The van der Waals surface area contributed by atoms with Crippen LogP contribution in [0.3, 0.4) is 0 Å². The number of hydrogen-bond acceptors (Lipinski definition) is 4. The van der Waals surface area contributed by atoms with Crippen molar-refractivity contribution in [2.75, 3.05) is 20.1 Å². The van der Waals surface area contributed by atoms with Gasteiger partial charge in [0.05, 0.1) is 0 Å². The molecule has 1 heterocycles. The standard InChI is InChI=1S/C17H33N5O/c1-6-8-9-14(7-2)12-20-17(18-5)19-11-10-15-21-16(13(3)4)22-23-15/h13-14H,6-12H2,1-5H3,(H2,18,19,20). The van der Waals surface area contributed by atoms with Crippen LogP contribution in [0.5, 0.6) is 0 Å². The van der Waals surface area contributed by atoms with Crippen molar-refractivity contribution in [2.24, 2.45) is 10.9 Å². The molecule has 0 fully saturated rings. The van der Waals surface area contributed by atoms with Gasteiger partial charge in [0.2, 0.25) is 5.89 Å². The minimum atomic E-state index is 0.295. The minimum absolute atomic E-state index is 0.295. The van der Waals surface area contributed by atoms with Gasteiger partial charge in [-0.1, -0.05) is 52.1 Å². The summed E-state index contributed by atoms with van der Waals surface area (Å²) in [4.78, 5) is 8.64. The summed E-state index contributed by atoms with van der Waals surface area (Å²) in [5.41, 5.74) is 0. The normalized spacial score (nSPS) is 13.4. The van der Waals surface area contributed by atoms with Crippen molar-refractivity contribution in [2.45, 2.75) is 65.7 Å². The Morgan fingerprint density at radius 2 is 2.04 bits per heavy atom. The van der Waals surface area contributed by atoms with Gasteiger partial charge in [0.1, 0.15) is 0 Å². The molecule has 6 nitrogen and oxygen atoms in total. The molecular formula is C17H33N5O. The maximum Gasteiger partial charge on any atom is 0.228 e. The van der Waals surface area contributed by atoms with Gasteiger partial charge < -0.3 is 15.2 Å². The molecule has 1 atom stereocenters. The molecule has 23 heavy (non-hydrogen) atoms. The predicted molar refractivity (Wildman–Crippen MR) is 94.8 cm³/mol. The molecule has 1 aromatic heterocycles. The van der Waals surface area contributed by atoms with Crippen LogP contribution >= 0.6 is 0 Å². The Balaban J connectivity index is 2.30. The van der Waals surface area contributed by atoms with Gasteiger partial charge in [-0.2, -0.15) is 4.98 Å². The molecule has 6 heteroatoms. The highest BCUT2D eigenvalue weighted by molar-refractivity contribution is 5.79. The number of guanidine groups is 1. The van der Waals surface area contributed by atoms with E-state index >= 15 is 0 Å². The average Bonchev–Trinajstić information content (AvgIpc) is 3.02. The van der Waals surface area contributed by atoms with Gasteiger partial charge in [-0.3, -0.25) is 4.99 Å². The highest BCUT2D eigenvalue weighted by Crippen LogP contribution is 2.11. The molecule has 0 aliphatic heterocycles. The fourth-order valence-corrected chi connectivity index (χ4v) is 2.30. The predicted octanol–water partition coefficient (Wildman–Crippen LogP) is 3.12. The first kappa shape index (κ1) is 19.5. The van der Waals surface area contributed by atoms with E-state index in [-0.39, 0.29) is 0 Å². The summed E-state index contributed by atoms with van der Waals surface area (Å²) < 4.78 is 5.24. The summed E-state index contributed by atoms with van der Waals surface area (Å²) in [6.45, 7) is 10.3. The van der Waals surface area contributed by atoms with E-state index in [2.05, 4.69) is 53.5 Å². The number of nitrogens with zero attached hydrogens (tertiary/aromatic N) is 3. The molecule has 0 radical (unpaired) electrons. The molecule has 0 amide bonds. The summed E-state index contributed by atoms with van der Waals surface area (Å²) in [6, 6.07) is 0. The zero-order valence-electron chi connectivity index (χ0n) is 15.4. The van der Waals surface area contributed by atoms with Crippen LogP contribution in [0.25, 0.3) is 0 Å². The van der Waals surface area contributed by atoms with E-state index in [1.54, 1.807) is 7.05 Å². The summed E-state index contributed by atoms with van der Waals surface area (Å²) >= 11 is 0. The Bertz CT molecular complexity index is 456. The van der Waals surface area contributed by atoms with Crippen LogP contribution in [-0.2, 0) is 6.42 Å². The van der Waals surface area contributed by atoms with E-state index in [0.717, 1.165) is 24.9 Å². The van der Waals surface area contributed by atoms with Crippen LogP contribution in [0.1, 0.15) is 71.0 Å². The lowest BCUT2D eigenvalue weighted by Gasteiger charge is -2.17. The summed E-state index contributed by atoms with van der Waals surface area (Å²) in [5, 5.41) is 10.7. The quantitative estimate of drug-likeness (QED) is 0.511. The second kappa shape index (κ2) is 11.0. The zero-order chi connectivity index (χ0) is 17.1. The fourth-order valence-electron chi connectivity index (χ4n) is 2.30. The molecule has 0 aromatic carbocycles. The molecule has 0 saturated heterocycles. The lowest BCUT2D eigenvalue weighted by Crippen LogP contribution is -2.40. The Kier molecular flexibility index (Phi) is 9.33. The van der Waals surface area contributed by atoms with Crippen molar-refractivity contribution in [1.82, 2.24) is 20.8 Å². The number of unbranched alkanes of at least 4 members (excludes halogenated alkanes) is 1. The molecule has 132 valence electrons. The number of rotatable bonds is 10. The molecular weight excluding hydrogens is 290 g/mol. The van der Waals surface area contributed by atoms with Gasteiger partial charge in [-0.05, 0) is 12.3 Å². The molecule has 0 saturated carbocycles. The number of hydrogen-bond donors (Lipinski definition) is 2. The minimum Gasteiger partial charge on any atom is -0.356 e. The van der Waals surface area contributed by atoms with Crippen molar-refractivity contribution in [3.05, 3.63) is 11.7 Å². The van der Waals surface area contributed by atoms with E-state index in [9.17, 15) is 0 Å². The van der Waals surface area contributed by atoms with E-state index in [4.69, 9.17) is 4.52 Å². The van der Waals surface area contributed by atoms with Gasteiger partial charge in [0.15, 0.2) is 11.8 Å². The van der Waals surface area contributed by atoms with Crippen LogP contribution in [0.4, 0.5) is 0 Å². The molecule has 1 rings (SSSR count). The van der Waals surface area contributed by atoms with Crippen LogP contribution in [0.15, 0.2) is 9.52 Å². The Hall–Kier alpha value is -1.59. The van der Waals surface area contributed by atoms with Gasteiger partial charge >= 0.3 is 0 Å². The monoisotopic (exact) mass is 323 g/mol. The molecule has 0 aliphatic rings. The maximum atomic E-state index is 5.24. The van der Waals surface area contributed by atoms with Gasteiger partial charge in [-0.25, -0.2) is 0 Å². The Labute approximate surface area is 140 Å². The summed E-state index contributed by atoms with van der Waals surface area (Å²) in [7, 11) is 1.80. The SMILES string of the molecule is CCCCC(CC)CNC(=NC)NCCc1nc(C(C)C)no1. The van der Waals surface area contributed by atoms with Gasteiger partial charge in [0.25, 0.3) is 0 Å². The van der Waals surface area contributed by atoms with Crippen molar-refractivity contribution >= 4 is 5.96 Å². The molecule has 0 spiro atoms. The van der Waals surface area contributed by atoms with Crippen molar-refractivity contribution in [3.63, 3.8) is 0 Å². The molecule has 1 unspecified atom stereocenters. The highest BCUT2D eigenvalue weighted by atomic mass is 16.5. The first-order valence-corrected chi connectivity index (χ1v) is 8.87. The molecule has 0 aliphatic carbocycles. The van der Waals surface area contributed by atoms with Gasteiger partial charge in [-0.15, -0.1) is 0 Å². The topological polar surface area (TPSA) is 75.3 Å². The van der Waals surface area contributed by atoms with Crippen molar-refractivity contribution < 1.29 is 4.52 Å². The smallest absolute Gasteiger partial charge is 0.228 e. The van der Waals surface area contributed by atoms with Crippen LogP contribution in [0.2, 0.25) is 0 Å². The largest absolute Gasteiger partial charge is 0.356 e. The first-order valence-electron chi connectivity index (χ1n) is 8.87. The first-order chi connectivity index (χ1) is 11.1. The average molecular weight is 323 g/mol. The van der Waals surface area contributed by atoms with Crippen molar-refractivity contribution in [1.29, 1.82) is 0 Å². The third-order valence-electron chi connectivity index (χ3n) is 3.96. The van der Waals surface area contributed by atoms with Crippen LogP contribution in [0, 0.1) is 5.92 Å². The molecule has 1 aromatic rings. The Morgan fingerprint density at radius 1 is 1.26 bits per heavy atom. The lowest BCUT2D eigenvalue weighted by molar-refractivity contribution is 0.371. The molecule has 2 N–H and O–H groups in total. The maximum absolute atomic E-state index is 5.24. The fraction of sp³-hybridized carbons (Fsp3) is 0.824. The number of aliphatic imine (C=N–C) groups is 1. The van der Waals surface area contributed by atoms with Crippen LogP contribution < -0.4 is 10.6 Å². The number of nitrogens with one attached hydrogen (secondary N) is 2. The summed E-state index contributed by atoms with van der Waals surface area (Å²) in [5.74, 6) is 3.28. The van der Waals surface area contributed by atoms with E-state index in [1.807, 2.05) is 0 Å². The van der Waals surface area contributed by atoms with E-state index in [0.29, 0.717) is 24.1 Å². The third kappa shape index (κ3) is 7.48. The highest BCUT2D eigenvalue weighted by Gasteiger charge is 2.10. The van der Waals surface area contributed by atoms with Crippen LogP contribution in [-0.4, -0.2) is 36.2 Å². The lowest BCUT2D eigenvalue weighted by atomic mass is 9.99. The Morgan fingerprint density at radius 3 is 2.61 bits per heavy atom. The van der Waals surface area contributed by atoms with E-state index in [1.165, 1.54) is 25.7 Å². The second-order valence-corrected chi connectivity index (χ2v) is 6.25. The van der Waals surface area contributed by atoms with Gasteiger partial charge in [0, 0.05) is 32.5 Å². The third-order valence-corrected chi connectivity index (χ3v) is 3.96. The second-order valence-electron chi connectivity index (χ2n) is 6.25. The van der Waals surface area contributed by atoms with E-state index < -0.39 is 0 Å². The molecule has 0 bridgehead atoms. The van der Waals surface area contributed by atoms with Crippen molar-refractivity contribution in [3.8, 4) is 0 Å².